The van der Waals surface area contributed by atoms with Gasteiger partial charge in [0.05, 0.1) is 0 Å². The molecule has 158 valence electrons. The van der Waals surface area contributed by atoms with E-state index >= 15 is 0 Å². The Morgan fingerprint density at radius 1 is 1.04 bits per heavy atom. The summed E-state index contributed by atoms with van der Waals surface area (Å²) in [6, 6.07) is 9.14. The van der Waals surface area contributed by atoms with Crippen LogP contribution in [0.3, 0.4) is 0 Å². The van der Waals surface area contributed by atoms with Gasteiger partial charge < -0.3 is 0 Å². The first-order chi connectivity index (χ1) is 13.6. The van der Waals surface area contributed by atoms with E-state index in [0.29, 0.717) is 6.61 Å². The summed E-state index contributed by atoms with van der Waals surface area (Å²) in [4.78, 5) is 11.4. The average Bonchev–Trinajstić information content (AvgIpc) is 3.15. The molecule has 0 bridgehead atoms. The van der Waals surface area contributed by atoms with Crippen LogP contribution in [0.15, 0.2) is 24.3 Å². The van der Waals surface area contributed by atoms with Gasteiger partial charge in [0, 0.05) is 0 Å². The summed E-state index contributed by atoms with van der Waals surface area (Å²) in [6.45, 7) is 8.99. The first-order valence-corrected chi connectivity index (χ1v) is 18.9. The summed E-state index contributed by atoms with van der Waals surface area (Å²) in [6.07, 6.45) is 8.73. The standard InChI is InChI=1S/C12H13O3.3C4H9.Sn/c1-9(13)15-11-7-12(14-8-11)10-5-3-2-4-6-10;3*1-3-4-2;/h2-5,11-12H,7-8H2,1H3;3*1,3-4H2,2H3;/t11-,12-;;;;/m0..../s1. The van der Waals surface area contributed by atoms with Crippen molar-refractivity contribution in [3.05, 3.63) is 29.8 Å². The molecule has 0 aliphatic carbocycles. The molecule has 0 N–H and O–H groups in total. The van der Waals surface area contributed by atoms with Crippen molar-refractivity contribution in [2.75, 3.05) is 6.61 Å². The monoisotopic (exact) mass is 496 g/mol. The fraction of sp³-hybridized carbons (Fsp3) is 0.708. The van der Waals surface area contributed by atoms with Crippen LogP contribution in [0.1, 0.15) is 84.3 Å². The van der Waals surface area contributed by atoms with Gasteiger partial charge in [0.1, 0.15) is 0 Å². The Morgan fingerprint density at radius 2 is 1.61 bits per heavy atom. The molecule has 1 aromatic carbocycles. The number of ether oxygens (including phenoxy) is 2. The van der Waals surface area contributed by atoms with Crippen LogP contribution in [0, 0.1) is 0 Å². The van der Waals surface area contributed by atoms with Crippen molar-refractivity contribution in [2.24, 2.45) is 0 Å². The van der Waals surface area contributed by atoms with E-state index in [1.807, 2.05) is 0 Å². The number of hydrogen-bond acceptors (Lipinski definition) is 3. The first kappa shape index (κ1) is 23.7. The Labute approximate surface area is 176 Å². The molecule has 1 aliphatic heterocycles. The Bertz CT molecular complexity index is 579. The van der Waals surface area contributed by atoms with E-state index in [2.05, 4.69) is 45.0 Å². The number of hydrogen-bond donors (Lipinski definition) is 0. The van der Waals surface area contributed by atoms with Crippen LogP contribution in [0.25, 0.3) is 0 Å². The molecule has 0 unspecified atom stereocenters. The topological polar surface area (TPSA) is 35.5 Å². The van der Waals surface area contributed by atoms with E-state index in [1.165, 1.54) is 64.3 Å². The summed E-state index contributed by atoms with van der Waals surface area (Å²) in [5.41, 5.74) is 1.41. The van der Waals surface area contributed by atoms with E-state index < -0.39 is 18.4 Å². The fourth-order valence-electron chi connectivity index (χ4n) is 4.72. The van der Waals surface area contributed by atoms with E-state index in [4.69, 9.17) is 9.47 Å². The molecular weight excluding hydrogens is 455 g/mol. The van der Waals surface area contributed by atoms with Crippen LogP contribution in [0.5, 0.6) is 0 Å². The van der Waals surface area contributed by atoms with Crippen LogP contribution in [0.2, 0.25) is 13.3 Å². The zero-order valence-corrected chi connectivity index (χ0v) is 21.3. The molecule has 0 radical (unpaired) electrons. The van der Waals surface area contributed by atoms with Gasteiger partial charge in [0.25, 0.3) is 0 Å². The molecule has 1 saturated heterocycles. The normalized spacial score (nSPS) is 19.7. The minimum atomic E-state index is -2.52. The van der Waals surface area contributed by atoms with Crippen molar-refractivity contribution in [1.82, 2.24) is 0 Å². The van der Waals surface area contributed by atoms with Crippen LogP contribution in [-0.2, 0) is 14.3 Å². The first-order valence-electron chi connectivity index (χ1n) is 11.4. The minimum absolute atomic E-state index is 0.0847. The predicted molar refractivity (Wildman–Crippen MR) is 120 cm³/mol. The van der Waals surface area contributed by atoms with Gasteiger partial charge in [-0.2, -0.15) is 0 Å². The predicted octanol–water partition coefficient (Wildman–Crippen LogP) is 6.14. The molecule has 1 aliphatic rings. The molecular formula is C24H40O3Sn. The SMILES string of the molecule is CCC[CH2][Sn]([CH2]CCC)([CH2]CCC)[c]1ccccc1[C@@H]1C[C@H](OC(C)=O)CO1. The van der Waals surface area contributed by atoms with Gasteiger partial charge in [-0.25, -0.2) is 0 Å². The summed E-state index contributed by atoms with van der Waals surface area (Å²) < 4.78 is 17.7. The zero-order chi connectivity index (χ0) is 20.4. The molecule has 0 spiro atoms. The van der Waals surface area contributed by atoms with Gasteiger partial charge in [0.2, 0.25) is 0 Å². The van der Waals surface area contributed by atoms with Gasteiger partial charge in [-0.1, -0.05) is 0 Å². The molecule has 2 rings (SSSR count). The molecule has 1 aromatic rings. The van der Waals surface area contributed by atoms with Gasteiger partial charge in [-0.05, 0) is 0 Å². The summed E-state index contributed by atoms with van der Waals surface area (Å²) in [5.74, 6) is -0.204. The number of rotatable bonds is 12. The maximum atomic E-state index is 11.4. The fourth-order valence-corrected chi connectivity index (χ4v) is 21.7. The number of carbonyl (C=O) groups is 1. The molecule has 28 heavy (non-hydrogen) atoms. The van der Waals surface area contributed by atoms with Crippen LogP contribution in [-0.4, -0.2) is 37.1 Å². The second-order valence-electron chi connectivity index (χ2n) is 8.47. The molecule has 1 heterocycles. The Morgan fingerprint density at radius 3 is 2.14 bits per heavy atom. The Balaban J connectivity index is 2.35. The van der Waals surface area contributed by atoms with Crippen LogP contribution >= 0.6 is 0 Å². The Hall–Kier alpha value is -0.551. The van der Waals surface area contributed by atoms with Crippen molar-refractivity contribution in [2.45, 2.75) is 98.2 Å². The summed E-state index contributed by atoms with van der Waals surface area (Å²) in [7, 11) is 0. The number of benzene rings is 1. The molecule has 0 amide bonds. The molecule has 0 saturated carbocycles. The van der Waals surface area contributed by atoms with Crippen molar-refractivity contribution in [3.8, 4) is 0 Å². The van der Waals surface area contributed by atoms with Gasteiger partial charge in [-0.15, -0.1) is 0 Å². The van der Waals surface area contributed by atoms with Gasteiger partial charge >= 0.3 is 177 Å². The van der Waals surface area contributed by atoms with E-state index in [9.17, 15) is 4.79 Å². The van der Waals surface area contributed by atoms with Gasteiger partial charge in [-0.3, -0.25) is 0 Å². The molecule has 2 atom stereocenters. The summed E-state index contributed by atoms with van der Waals surface area (Å²) in [5, 5.41) is 0. The summed E-state index contributed by atoms with van der Waals surface area (Å²) >= 11 is -2.52. The third-order valence-electron chi connectivity index (χ3n) is 6.20. The van der Waals surface area contributed by atoms with E-state index in [-0.39, 0.29) is 18.2 Å². The third kappa shape index (κ3) is 6.48. The molecule has 1 fully saturated rings. The van der Waals surface area contributed by atoms with Gasteiger partial charge in [0.15, 0.2) is 0 Å². The van der Waals surface area contributed by atoms with E-state index in [0.717, 1.165) is 6.42 Å². The van der Waals surface area contributed by atoms with Crippen molar-refractivity contribution >= 4 is 27.9 Å². The molecule has 3 nitrogen and oxygen atoms in total. The maximum absolute atomic E-state index is 11.4. The number of esters is 1. The van der Waals surface area contributed by atoms with E-state index in [1.54, 1.807) is 3.58 Å². The molecule has 4 heteroatoms. The van der Waals surface area contributed by atoms with Crippen molar-refractivity contribution in [1.29, 1.82) is 0 Å². The van der Waals surface area contributed by atoms with Crippen molar-refractivity contribution < 1.29 is 14.3 Å². The average molecular weight is 495 g/mol. The molecule has 0 aromatic heterocycles. The van der Waals surface area contributed by atoms with Crippen LogP contribution < -0.4 is 3.58 Å². The second kappa shape index (κ2) is 12.2. The number of carbonyl (C=O) groups excluding carboxylic acids is 1. The third-order valence-corrected chi connectivity index (χ3v) is 22.0. The Kier molecular flexibility index (Phi) is 10.3. The second-order valence-corrected chi connectivity index (χ2v) is 21.6. The zero-order valence-electron chi connectivity index (χ0n) is 18.5. The number of unbranched alkanes of at least 4 members (excludes halogenated alkanes) is 3. The quantitative estimate of drug-likeness (QED) is 0.258. The van der Waals surface area contributed by atoms with Crippen molar-refractivity contribution in [3.63, 3.8) is 0 Å². The van der Waals surface area contributed by atoms with Crippen LogP contribution in [0.4, 0.5) is 0 Å².